The van der Waals surface area contributed by atoms with Gasteiger partial charge in [0, 0.05) is 18.8 Å². The van der Waals surface area contributed by atoms with Gasteiger partial charge in [-0.1, -0.05) is 6.92 Å². The lowest BCUT2D eigenvalue weighted by Crippen LogP contribution is -2.40. The Labute approximate surface area is 141 Å². The Morgan fingerprint density at radius 3 is 2.42 bits per heavy atom. The zero-order chi connectivity index (χ0) is 17.4. The molecule has 0 saturated carbocycles. The second-order valence-corrected chi connectivity index (χ2v) is 5.61. The number of hydrogen-bond donors (Lipinski definition) is 2. The maximum absolute atomic E-state index is 11.8. The molecule has 1 fully saturated rings. The van der Waals surface area contributed by atoms with Crippen LogP contribution < -0.4 is 10.6 Å². The van der Waals surface area contributed by atoms with E-state index in [-0.39, 0.29) is 18.4 Å². The van der Waals surface area contributed by atoms with Gasteiger partial charge in [0.2, 0.25) is 5.91 Å². The van der Waals surface area contributed by atoms with E-state index in [9.17, 15) is 14.4 Å². The average Bonchev–Trinajstić information content (AvgIpc) is 3.13. The van der Waals surface area contributed by atoms with Gasteiger partial charge in [0.25, 0.3) is 0 Å². The molecule has 0 unspecified atom stereocenters. The highest BCUT2D eigenvalue weighted by Gasteiger charge is 2.18. The van der Waals surface area contributed by atoms with Crippen LogP contribution in [-0.4, -0.2) is 49.0 Å². The van der Waals surface area contributed by atoms with Gasteiger partial charge in [-0.15, -0.1) is 0 Å². The van der Waals surface area contributed by atoms with Gasteiger partial charge < -0.3 is 20.3 Å². The Balaban J connectivity index is 1.77. The molecule has 1 heterocycles. The quantitative estimate of drug-likeness (QED) is 0.780. The van der Waals surface area contributed by atoms with Crippen molar-refractivity contribution in [1.82, 2.24) is 10.2 Å². The Kier molecular flexibility index (Phi) is 6.60. The number of likely N-dealkylation sites (tertiary alicyclic amines) is 1. The molecular weight excluding hydrogens is 310 g/mol. The van der Waals surface area contributed by atoms with Crippen molar-refractivity contribution in [2.24, 2.45) is 0 Å². The molecule has 0 bridgehead atoms. The van der Waals surface area contributed by atoms with Gasteiger partial charge >= 0.3 is 12.0 Å². The van der Waals surface area contributed by atoms with Crippen LogP contribution in [0.1, 0.15) is 36.5 Å². The number of rotatable bonds is 6. The predicted molar refractivity (Wildman–Crippen MR) is 89.9 cm³/mol. The number of hydrogen-bond acceptors (Lipinski definition) is 4. The number of nitrogens with zero attached hydrogens (tertiary/aromatic N) is 1. The number of carbonyl (C=O) groups excluding carboxylic acids is 3. The first-order chi connectivity index (χ1) is 11.6. The van der Waals surface area contributed by atoms with E-state index in [4.69, 9.17) is 4.74 Å². The van der Waals surface area contributed by atoms with Crippen molar-refractivity contribution in [3.63, 3.8) is 0 Å². The molecule has 1 aromatic carbocycles. The highest BCUT2D eigenvalue weighted by atomic mass is 16.5. The molecule has 0 spiro atoms. The van der Waals surface area contributed by atoms with Crippen molar-refractivity contribution in [3.8, 4) is 0 Å². The molecule has 2 rings (SSSR count). The van der Waals surface area contributed by atoms with E-state index in [1.54, 1.807) is 29.2 Å². The Hall–Kier alpha value is -2.57. The monoisotopic (exact) mass is 333 g/mol. The molecule has 130 valence electrons. The number of amides is 3. The summed E-state index contributed by atoms with van der Waals surface area (Å²) in [5.41, 5.74) is 0.965. The molecule has 0 aromatic heterocycles. The largest absolute Gasteiger partial charge is 0.462 e. The fourth-order valence-corrected chi connectivity index (χ4v) is 2.38. The normalized spacial score (nSPS) is 13.5. The summed E-state index contributed by atoms with van der Waals surface area (Å²) in [5, 5.41) is 5.16. The van der Waals surface area contributed by atoms with Crippen molar-refractivity contribution in [1.29, 1.82) is 0 Å². The van der Waals surface area contributed by atoms with Crippen molar-refractivity contribution in [2.45, 2.75) is 26.2 Å². The average molecular weight is 333 g/mol. The molecule has 7 nitrogen and oxygen atoms in total. The molecule has 2 N–H and O–H groups in total. The molecule has 3 amide bonds. The van der Waals surface area contributed by atoms with E-state index in [1.807, 2.05) is 6.92 Å². The van der Waals surface area contributed by atoms with Crippen LogP contribution in [0.15, 0.2) is 24.3 Å². The highest BCUT2D eigenvalue weighted by Crippen LogP contribution is 2.11. The Bertz CT molecular complexity index is 580. The van der Waals surface area contributed by atoms with Gasteiger partial charge in [-0.2, -0.15) is 0 Å². The lowest BCUT2D eigenvalue weighted by atomic mass is 10.2. The number of esters is 1. The second-order valence-electron chi connectivity index (χ2n) is 5.61. The van der Waals surface area contributed by atoms with Gasteiger partial charge in [0.05, 0.1) is 18.7 Å². The maximum atomic E-state index is 11.8. The van der Waals surface area contributed by atoms with Crippen LogP contribution >= 0.6 is 0 Å². The molecule has 7 heteroatoms. The van der Waals surface area contributed by atoms with Crippen LogP contribution in [-0.2, 0) is 9.53 Å². The fraction of sp³-hybridized carbons (Fsp3) is 0.471. The molecule has 24 heavy (non-hydrogen) atoms. The van der Waals surface area contributed by atoms with Crippen LogP contribution in [0.4, 0.5) is 10.5 Å². The molecule has 1 aliphatic rings. The minimum Gasteiger partial charge on any atom is -0.462 e. The van der Waals surface area contributed by atoms with Crippen LogP contribution in [0.25, 0.3) is 0 Å². The third-order valence-corrected chi connectivity index (χ3v) is 3.67. The molecule has 0 radical (unpaired) electrons. The van der Waals surface area contributed by atoms with E-state index in [0.717, 1.165) is 32.4 Å². The summed E-state index contributed by atoms with van der Waals surface area (Å²) < 4.78 is 5.03. The van der Waals surface area contributed by atoms with Gasteiger partial charge in [-0.25, -0.2) is 9.59 Å². The van der Waals surface area contributed by atoms with E-state index in [2.05, 4.69) is 10.6 Å². The molecule has 1 aliphatic heterocycles. The predicted octanol–water partition coefficient (Wildman–Crippen LogP) is 2.00. The van der Waals surface area contributed by atoms with Gasteiger partial charge in [-0.05, 0) is 43.5 Å². The minimum absolute atomic E-state index is 0.0206. The van der Waals surface area contributed by atoms with Gasteiger partial charge in [-0.3, -0.25) is 4.79 Å². The zero-order valence-electron chi connectivity index (χ0n) is 13.8. The van der Waals surface area contributed by atoms with Crippen LogP contribution in [0.3, 0.4) is 0 Å². The van der Waals surface area contributed by atoms with Crippen molar-refractivity contribution >= 4 is 23.6 Å². The summed E-state index contributed by atoms with van der Waals surface area (Å²) in [5.74, 6) is -0.458. The van der Waals surface area contributed by atoms with Crippen molar-refractivity contribution < 1.29 is 19.1 Å². The lowest BCUT2D eigenvalue weighted by molar-refractivity contribution is -0.128. The van der Waals surface area contributed by atoms with Crippen LogP contribution in [0.5, 0.6) is 0 Å². The first-order valence-electron chi connectivity index (χ1n) is 8.20. The second kappa shape index (κ2) is 8.90. The van der Waals surface area contributed by atoms with Gasteiger partial charge in [0.15, 0.2) is 0 Å². The van der Waals surface area contributed by atoms with E-state index in [0.29, 0.717) is 17.9 Å². The molecule has 1 saturated heterocycles. The third-order valence-electron chi connectivity index (χ3n) is 3.67. The Morgan fingerprint density at radius 1 is 1.12 bits per heavy atom. The Morgan fingerprint density at radius 2 is 1.79 bits per heavy atom. The topological polar surface area (TPSA) is 87.7 Å². The smallest absolute Gasteiger partial charge is 0.338 e. The lowest BCUT2D eigenvalue weighted by Gasteiger charge is -2.15. The third kappa shape index (κ3) is 5.26. The number of ether oxygens (including phenoxy) is 1. The number of anilines is 1. The van der Waals surface area contributed by atoms with Crippen molar-refractivity contribution in [2.75, 3.05) is 31.6 Å². The molecule has 1 aromatic rings. The first kappa shape index (κ1) is 17.8. The summed E-state index contributed by atoms with van der Waals surface area (Å²) in [6, 6.07) is 5.95. The SMILES string of the molecule is CCCOC(=O)c1ccc(NC(=O)NCC(=O)N2CCCC2)cc1. The van der Waals surface area contributed by atoms with E-state index in [1.165, 1.54) is 0 Å². The van der Waals surface area contributed by atoms with E-state index < -0.39 is 6.03 Å². The minimum atomic E-state index is -0.455. The fourth-order valence-electron chi connectivity index (χ4n) is 2.38. The summed E-state index contributed by atoms with van der Waals surface area (Å²) in [6.45, 7) is 3.81. The summed E-state index contributed by atoms with van der Waals surface area (Å²) >= 11 is 0. The number of carbonyl (C=O) groups is 3. The highest BCUT2D eigenvalue weighted by molar-refractivity contribution is 5.93. The summed E-state index contributed by atoms with van der Waals surface area (Å²) in [7, 11) is 0. The van der Waals surface area contributed by atoms with Crippen LogP contribution in [0.2, 0.25) is 0 Å². The number of urea groups is 1. The number of nitrogens with one attached hydrogen (secondary N) is 2. The zero-order valence-corrected chi connectivity index (χ0v) is 13.8. The molecule has 0 aliphatic carbocycles. The molecular formula is C17H23N3O4. The summed E-state index contributed by atoms with van der Waals surface area (Å²) in [4.78, 5) is 37.1. The van der Waals surface area contributed by atoms with Gasteiger partial charge in [0.1, 0.15) is 0 Å². The van der Waals surface area contributed by atoms with Crippen molar-refractivity contribution in [3.05, 3.63) is 29.8 Å². The molecule has 0 atom stereocenters. The summed E-state index contributed by atoms with van der Waals surface area (Å²) in [6.07, 6.45) is 2.80. The maximum Gasteiger partial charge on any atom is 0.338 e. The van der Waals surface area contributed by atoms with Crippen LogP contribution in [0, 0.1) is 0 Å². The van der Waals surface area contributed by atoms with E-state index >= 15 is 0 Å². The standard InChI is InChI=1S/C17H23N3O4/c1-2-11-24-16(22)13-5-7-14(8-6-13)19-17(23)18-12-15(21)20-9-3-4-10-20/h5-8H,2-4,9-12H2,1H3,(H2,18,19,23). The first-order valence-corrected chi connectivity index (χ1v) is 8.20. The number of benzene rings is 1.